The zero-order valence-electron chi connectivity index (χ0n) is 18.3. The summed E-state index contributed by atoms with van der Waals surface area (Å²) in [7, 11) is -2.27. The number of fused-ring (bicyclic) bond motifs is 1. The maximum Gasteiger partial charge on any atom is 0.270 e. The van der Waals surface area contributed by atoms with E-state index in [0.29, 0.717) is 23.6 Å². The molecular weight excluding hydrogens is 414 g/mol. The first-order valence-corrected chi connectivity index (χ1v) is 12.8. The number of aryl methyl sites for hydroxylation is 1. The molecule has 1 aromatic heterocycles. The molecule has 0 radical (unpaired) electrons. The topological polar surface area (TPSA) is 90.3 Å². The first-order valence-electron chi connectivity index (χ1n) is 11.3. The molecule has 1 saturated carbocycles. The first-order chi connectivity index (χ1) is 14.9. The highest BCUT2D eigenvalue weighted by molar-refractivity contribution is 7.89. The number of nitrogens with zero attached hydrogens (tertiary/aromatic N) is 2. The van der Waals surface area contributed by atoms with Gasteiger partial charge in [0.25, 0.3) is 5.56 Å². The Bertz CT molecular complexity index is 1120. The maximum atomic E-state index is 13.3. The number of aromatic nitrogens is 2. The molecule has 7 nitrogen and oxygen atoms in total. The summed E-state index contributed by atoms with van der Waals surface area (Å²) in [5, 5.41) is 4.62. The van der Waals surface area contributed by atoms with E-state index in [1.54, 1.807) is 12.1 Å². The van der Waals surface area contributed by atoms with Gasteiger partial charge in [0, 0.05) is 23.7 Å². The van der Waals surface area contributed by atoms with Gasteiger partial charge in [-0.2, -0.15) is 5.10 Å². The summed E-state index contributed by atoms with van der Waals surface area (Å²) < 4.78 is 36.3. The molecule has 4 rings (SSSR count). The predicted octanol–water partition coefficient (Wildman–Crippen LogP) is 3.43. The molecule has 0 aliphatic heterocycles. The molecule has 0 unspecified atom stereocenters. The van der Waals surface area contributed by atoms with Crippen molar-refractivity contribution in [2.45, 2.75) is 82.2 Å². The molecule has 8 heteroatoms. The van der Waals surface area contributed by atoms with Crippen LogP contribution in [0.25, 0.3) is 11.3 Å². The first kappa shape index (κ1) is 22.0. The molecular formula is C23H31N3O4S. The van der Waals surface area contributed by atoms with E-state index in [2.05, 4.69) is 9.82 Å². The Morgan fingerprint density at radius 2 is 1.81 bits per heavy atom. The third-order valence-electron chi connectivity index (χ3n) is 6.42. The molecule has 1 aromatic carbocycles. The minimum atomic E-state index is -3.75. The standard InChI is InChI=1S/C23H31N3O4S/c1-3-26-23(27)19-12-8-7-11-18(19)22(24-26)16-13-14-20(30-2)21(15-16)31(28,29)25-17-9-5-4-6-10-17/h13-15,17,25H,3-12H2,1-2H3. The number of hydrogen-bond acceptors (Lipinski definition) is 5. The number of benzene rings is 1. The number of nitrogens with one attached hydrogen (secondary N) is 1. The Labute approximate surface area is 183 Å². The quantitative estimate of drug-likeness (QED) is 0.736. The largest absolute Gasteiger partial charge is 0.495 e. The van der Waals surface area contributed by atoms with Gasteiger partial charge in [0.05, 0.1) is 12.8 Å². The molecule has 2 aromatic rings. The zero-order valence-corrected chi connectivity index (χ0v) is 19.1. The third kappa shape index (κ3) is 4.41. The summed E-state index contributed by atoms with van der Waals surface area (Å²) >= 11 is 0. The minimum absolute atomic E-state index is 0.0266. The van der Waals surface area contributed by atoms with Crippen LogP contribution in [0, 0.1) is 0 Å². The normalized spacial score (nSPS) is 17.4. The van der Waals surface area contributed by atoms with Crippen LogP contribution >= 0.6 is 0 Å². The zero-order chi connectivity index (χ0) is 22.0. The van der Waals surface area contributed by atoms with Gasteiger partial charge in [-0.25, -0.2) is 17.8 Å². The predicted molar refractivity (Wildman–Crippen MR) is 120 cm³/mol. The van der Waals surface area contributed by atoms with Gasteiger partial charge in [0.15, 0.2) is 0 Å². The Kier molecular flexibility index (Phi) is 6.48. The second-order valence-electron chi connectivity index (χ2n) is 8.46. The van der Waals surface area contributed by atoms with Crippen LogP contribution in [0.5, 0.6) is 5.75 Å². The van der Waals surface area contributed by atoms with Gasteiger partial charge in [-0.05, 0) is 69.2 Å². The summed E-state index contributed by atoms with van der Waals surface area (Å²) in [5.74, 6) is 0.310. The van der Waals surface area contributed by atoms with Gasteiger partial charge in [-0.3, -0.25) is 4.79 Å². The van der Waals surface area contributed by atoms with E-state index >= 15 is 0 Å². The van der Waals surface area contributed by atoms with Crippen LogP contribution in [0.4, 0.5) is 0 Å². The summed E-state index contributed by atoms with van der Waals surface area (Å²) in [6.07, 6.45) is 8.47. The second kappa shape index (κ2) is 9.12. The van der Waals surface area contributed by atoms with E-state index in [9.17, 15) is 13.2 Å². The van der Waals surface area contributed by atoms with Crippen molar-refractivity contribution in [2.75, 3.05) is 7.11 Å². The van der Waals surface area contributed by atoms with Crippen LogP contribution in [0.2, 0.25) is 0 Å². The van der Waals surface area contributed by atoms with Crippen molar-refractivity contribution in [1.82, 2.24) is 14.5 Å². The smallest absolute Gasteiger partial charge is 0.270 e. The Hall–Kier alpha value is -2.19. The van der Waals surface area contributed by atoms with Crippen LogP contribution in [0.15, 0.2) is 27.9 Å². The fourth-order valence-electron chi connectivity index (χ4n) is 4.77. The van der Waals surface area contributed by atoms with Crippen LogP contribution < -0.4 is 15.0 Å². The molecule has 168 valence electrons. The van der Waals surface area contributed by atoms with Gasteiger partial charge in [-0.1, -0.05) is 19.3 Å². The summed E-state index contributed by atoms with van der Waals surface area (Å²) in [6.45, 7) is 2.37. The van der Waals surface area contributed by atoms with Crippen LogP contribution in [0.1, 0.15) is 63.0 Å². The van der Waals surface area contributed by atoms with E-state index in [1.165, 1.54) is 11.8 Å². The lowest BCUT2D eigenvalue weighted by molar-refractivity contribution is 0.397. The van der Waals surface area contributed by atoms with E-state index in [-0.39, 0.29) is 16.5 Å². The summed E-state index contributed by atoms with van der Waals surface area (Å²) in [5.41, 5.74) is 3.15. The lowest BCUT2D eigenvalue weighted by Gasteiger charge is -2.23. The van der Waals surface area contributed by atoms with Crippen LogP contribution in [-0.2, 0) is 29.4 Å². The van der Waals surface area contributed by atoms with Gasteiger partial charge in [0.1, 0.15) is 10.6 Å². The molecule has 1 heterocycles. The highest BCUT2D eigenvalue weighted by Gasteiger charge is 2.27. The number of rotatable bonds is 6. The van der Waals surface area contributed by atoms with Crippen molar-refractivity contribution in [3.63, 3.8) is 0 Å². The van der Waals surface area contributed by atoms with Crippen molar-refractivity contribution < 1.29 is 13.2 Å². The number of hydrogen-bond donors (Lipinski definition) is 1. The van der Waals surface area contributed by atoms with Crippen molar-refractivity contribution >= 4 is 10.0 Å². The average Bonchev–Trinajstić information content (AvgIpc) is 2.79. The summed E-state index contributed by atoms with van der Waals surface area (Å²) in [4.78, 5) is 12.9. The molecule has 31 heavy (non-hydrogen) atoms. The van der Waals surface area contributed by atoms with Gasteiger partial charge in [0.2, 0.25) is 10.0 Å². The fourth-order valence-corrected chi connectivity index (χ4v) is 6.27. The Morgan fingerprint density at radius 3 is 2.48 bits per heavy atom. The molecule has 2 aliphatic carbocycles. The van der Waals surface area contributed by atoms with Crippen molar-refractivity contribution in [1.29, 1.82) is 0 Å². The fraction of sp³-hybridized carbons (Fsp3) is 0.565. The summed E-state index contributed by atoms with van der Waals surface area (Å²) in [6, 6.07) is 5.12. The van der Waals surface area contributed by atoms with E-state index in [1.807, 2.05) is 13.0 Å². The molecule has 0 amide bonds. The number of ether oxygens (including phenoxy) is 1. The molecule has 0 spiro atoms. The molecule has 0 bridgehead atoms. The molecule has 0 atom stereocenters. The maximum absolute atomic E-state index is 13.3. The Morgan fingerprint density at radius 1 is 1.10 bits per heavy atom. The van der Waals surface area contributed by atoms with Crippen LogP contribution in [-0.4, -0.2) is 31.3 Å². The molecule has 1 fully saturated rings. The lowest BCUT2D eigenvalue weighted by Crippen LogP contribution is -2.36. The van der Waals surface area contributed by atoms with Crippen molar-refractivity contribution in [2.24, 2.45) is 0 Å². The van der Waals surface area contributed by atoms with Gasteiger partial charge < -0.3 is 4.74 Å². The molecule has 0 saturated heterocycles. The Balaban J connectivity index is 1.80. The van der Waals surface area contributed by atoms with Gasteiger partial charge >= 0.3 is 0 Å². The van der Waals surface area contributed by atoms with E-state index in [0.717, 1.165) is 68.9 Å². The SMILES string of the molecule is CCn1nc(-c2ccc(OC)c(S(=O)(=O)NC3CCCCC3)c2)c2c(c1=O)CCCC2. The average molecular weight is 446 g/mol. The minimum Gasteiger partial charge on any atom is -0.495 e. The lowest BCUT2D eigenvalue weighted by atomic mass is 9.90. The van der Waals surface area contributed by atoms with E-state index in [4.69, 9.17) is 4.74 Å². The van der Waals surface area contributed by atoms with E-state index < -0.39 is 10.0 Å². The van der Waals surface area contributed by atoms with Gasteiger partial charge in [-0.15, -0.1) is 0 Å². The van der Waals surface area contributed by atoms with Crippen molar-refractivity contribution in [3.8, 4) is 17.0 Å². The van der Waals surface area contributed by atoms with Crippen LogP contribution in [0.3, 0.4) is 0 Å². The number of sulfonamides is 1. The monoisotopic (exact) mass is 445 g/mol. The molecule has 1 N–H and O–H groups in total. The van der Waals surface area contributed by atoms with Crippen molar-refractivity contribution in [3.05, 3.63) is 39.7 Å². The highest BCUT2D eigenvalue weighted by atomic mass is 32.2. The second-order valence-corrected chi connectivity index (χ2v) is 10.1. The third-order valence-corrected chi connectivity index (χ3v) is 7.96. The highest BCUT2D eigenvalue weighted by Crippen LogP contribution is 2.33. The molecule has 2 aliphatic rings. The number of methoxy groups -OCH3 is 1.